The fraction of sp³-hybridized carbons (Fsp3) is 0.538. The summed E-state index contributed by atoms with van der Waals surface area (Å²) in [6.07, 6.45) is 0.923. The monoisotopic (exact) mass is 298 g/mol. The smallest absolute Gasteiger partial charge is 0.0668 e. The van der Waals surface area contributed by atoms with Gasteiger partial charge in [-0.3, -0.25) is 0 Å². The number of nitrogens with two attached hydrogens (primary N) is 1. The minimum absolute atomic E-state index is 0.426. The summed E-state index contributed by atoms with van der Waals surface area (Å²) in [4.78, 5) is 2.42. The van der Waals surface area contributed by atoms with Crippen molar-refractivity contribution in [3.05, 3.63) is 28.2 Å². The highest BCUT2D eigenvalue weighted by molar-refractivity contribution is 9.10. The van der Waals surface area contributed by atoms with E-state index in [0.29, 0.717) is 12.6 Å². The summed E-state index contributed by atoms with van der Waals surface area (Å²) in [6, 6.07) is 6.86. The molecule has 0 spiro atoms. The molecule has 0 bridgehead atoms. The van der Waals surface area contributed by atoms with Crippen molar-refractivity contribution in [3.63, 3.8) is 0 Å². The van der Waals surface area contributed by atoms with Crippen LogP contribution in [0.5, 0.6) is 0 Å². The molecule has 1 heterocycles. The van der Waals surface area contributed by atoms with Crippen LogP contribution in [0.3, 0.4) is 0 Å². The molecular formula is C13H19BrN2O. The summed E-state index contributed by atoms with van der Waals surface area (Å²) in [5.74, 6) is 0. The van der Waals surface area contributed by atoms with Crippen LogP contribution in [0.15, 0.2) is 22.7 Å². The molecule has 1 fully saturated rings. The highest BCUT2D eigenvalue weighted by atomic mass is 79.9. The molecule has 1 atom stereocenters. The molecule has 3 nitrogen and oxygen atoms in total. The summed E-state index contributed by atoms with van der Waals surface area (Å²) in [5, 5.41) is 0. The lowest BCUT2D eigenvalue weighted by atomic mass is 10.1. The third kappa shape index (κ3) is 3.00. The predicted molar refractivity (Wildman–Crippen MR) is 74.5 cm³/mol. The molecule has 1 aliphatic heterocycles. The van der Waals surface area contributed by atoms with E-state index >= 15 is 0 Å². The van der Waals surface area contributed by atoms with E-state index in [0.717, 1.165) is 30.7 Å². The Labute approximate surface area is 111 Å². The van der Waals surface area contributed by atoms with E-state index in [2.05, 4.69) is 46.0 Å². The minimum atomic E-state index is 0.426. The van der Waals surface area contributed by atoms with Gasteiger partial charge >= 0.3 is 0 Å². The van der Waals surface area contributed by atoms with Crippen molar-refractivity contribution in [2.75, 3.05) is 31.2 Å². The van der Waals surface area contributed by atoms with E-state index in [4.69, 9.17) is 10.5 Å². The van der Waals surface area contributed by atoms with E-state index in [1.807, 2.05) is 0 Å². The van der Waals surface area contributed by atoms with Crippen LogP contribution in [-0.2, 0) is 11.2 Å². The highest BCUT2D eigenvalue weighted by Gasteiger charge is 2.21. The average molecular weight is 299 g/mol. The number of nitrogens with zero attached hydrogens (tertiary/aromatic N) is 1. The molecule has 4 heteroatoms. The van der Waals surface area contributed by atoms with Crippen LogP contribution < -0.4 is 10.6 Å². The molecule has 1 aliphatic rings. The number of benzene rings is 1. The Morgan fingerprint density at radius 1 is 1.53 bits per heavy atom. The fourth-order valence-electron chi connectivity index (χ4n) is 2.26. The van der Waals surface area contributed by atoms with Crippen molar-refractivity contribution >= 4 is 21.6 Å². The van der Waals surface area contributed by atoms with E-state index in [-0.39, 0.29) is 0 Å². The van der Waals surface area contributed by atoms with Gasteiger partial charge in [0.15, 0.2) is 0 Å². The summed E-state index contributed by atoms with van der Waals surface area (Å²) in [7, 11) is 0. The molecule has 1 unspecified atom stereocenters. The second-order valence-corrected chi connectivity index (χ2v) is 5.34. The van der Waals surface area contributed by atoms with Crippen molar-refractivity contribution in [2.45, 2.75) is 19.4 Å². The molecule has 1 aromatic rings. The van der Waals surface area contributed by atoms with Gasteiger partial charge < -0.3 is 15.4 Å². The molecule has 17 heavy (non-hydrogen) atoms. The van der Waals surface area contributed by atoms with Gasteiger partial charge in [0.2, 0.25) is 0 Å². The molecule has 2 N–H and O–H groups in total. The Morgan fingerprint density at radius 2 is 2.35 bits per heavy atom. The quantitative estimate of drug-likeness (QED) is 0.929. The van der Waals surface area contributed by atoms with Gasteiger partial charge in [-0.05, 0) is 37.6 Å². The van der Waals surface area contributed by atoms with Gasteiger partial charge in [-0.25, -0.2) is 0 Å². The molecule has 1 saturated heterocycles. The standard InChI is InChI=1S/C13H19BrN2O/c1-10-9-17-7-6-16(10)13-8-12(14)3-2-11(13)4-5-15/h2-3,8,10H,4-7,9,15H2,1H3. The van der Waals surface area contributed by atoms with Crippen LogP contribution in [0, 0.1) is 0 Å². The van der Waals surface area contributed by atoms with Crippen LogP contribution in [0.25, 0.3) is 0 Å². The molecular weight excluding hydrogens is 280 g/mol. The molecule has 0 saturated carbocycles. The second kappa shape index (κ2) is 5.85. The fourth-order valence-corrected chi connectivity index (χ4v) is 2.61. The first-order valence-electron chi connectivity index (χ1n) is 6.05. The third-order valence-electron chi connectivity index (χ3n) is 3.14. The lowest BCUT2D eigenvalue weighted by Gasteiger charge is -2.36. The van der Waals surface area contributed by atoms with Crippen LogP contribution in [0.4, 0.5) is 5.69 Å². The zero-order valence-electron chi connectivity index (χ0n) is 10.2. The SMILES string of the molecule is CC1COCCN1c1cc(Br)ccc1CCN. The first kappa shape index (κ1) is 12.9. The Kier molecular flexibility index (Phi) is 4.42. The number of hydrogen-bond donors (Lipinski definition) is 1. The first-order valence-corrected chi connectivity index (χ1v) is 6.84. The van der Waals surface area contributed by atoms with Crippen molar-refractivity contribution < 1.29 is 4.74 Å². The van der Waals surface area contributed by atoms with Gasteiger partial charge in [-0.15, -0.1) is 0 Å². The number of anilines is 1. The zero-order valence-corrected chi connectivity index (χ0v) is 11.7. The number of ether oxygens (including phenoxy) is 1. The molecule has 2 rings (SSSR count). The van der Waals surface area contributed by atoms with Gasteiger partial charge in [0.05, 0.1) is 13.2 Å². The number of hydrogen-bond acceptors (Lipinski definition) is 3. The zero-order chi connectivity index (χ0) is 12.3. The lowest BCUT2D eigenvalue weighted by molar-refractivity contribution is 0.0988. The van der Waals surface area contributed by atoms with Gasteiger partial charge in [0, 0.05) is 22.7 Å². The normalized spacial score (nSPS) is 20.6. The Bertz CT molecular complexity index is 384. The van der Waals surface area contributed by atoms with E-state index in [9.17, 15) is 0 Å². The van der Waals surface area contributed by atoms with Crippen LogP contribution in [-0.4, -0.2) is 32.3 Å². The van der Waals surface area contributed by atoms with Crippen molar-refractivity contribution in [1.29, 1.82) is 0 Å². The predicted octanol–water partition coefficient (Wildman–Crippen LogP) is 2.18. The highest BCUT2D eigenvalue weighted by Crippen LogP contribution is 2.28. The summed E-state index contributed by atoms with van der Waals surface area (Å²) < 4.78 is 6.60. The minimum Gasteiger partial charge on any atom is -0.377 e. The number of rotatable bonds is 3. The third-order valence-corrected chi connectivity index (χ3v) is 3.63. The number of halogens is 1. The maximum Gasteiger partial charge on any atom is 0.0668 e. The van der Waals surface area contributed by atoms with Gasteiger partial charge in [-0.2, -0.15) is 0 Å². The number of morpholine rings is 1. The first-order chi connectivity index (χ1) is 8.22. The Morgan fingerprint density at radius 3 is 3.06 bits per heavy atom. The Balaban J connectivity index is 2.30. The maximum atomic E-state index is 5.68. The van der Waals surface area contributed by atoms with Gasteiger partial charge in [0.1, 0.15) is 0 Å². The van der Waals surface area contributed by atoms with E-state index < -0.39 is 0 Å². The maximum absolute atomic E-state index is 5.68. The Hall–Kier alpha value is -0.580. The van der Waals surface area contributed by atoms with Gasteiger partial charge in [0.25, 0.3) is 0 Å². The summed E-state index contributed by atoms with van der Waals surface area (Å²) in [5.41, 5.74) is 8.29. The summed E-state index contributed by atoms with van der Waals surface area (Å²) >= 11 is 3.54. The molecule has 1 aromatic carbocycles. The molecule has 0 aromatic heterocycles. The molecule has 94 valence electrons. The van der Waals surface area contributed by atoms with E-state index in [1.165, 1.54) is 11.3 Å². The van der Waals surface area contributed by atoms with Crippen LogP contribution in [0.1, 0.15) is 12.5 Å². The van der Waals surface area contributed by atoms with E-state index in [1.54, 1.807) is 0 Å². The topological polar surface area (TPSA) is 38.5 Å². The lowest BCUT2D eigenvalue weighted by Crippen LogP contribution is -2.44. The molecule has 0 radical (unpaired) electrons. The van der Waals surface area contributed by atoms with Crippen LogP contribution in [0.2, 0.25) is 0 Å². The van der Waals surface area contributed by atoms with Crippen LogP contribution >= 0.6 is 15.9 Å². The summed E-state index contributed by atoms with van der Waals surface area (Å²) in [6.45, 7) is 5.45. The van der Waals surface area contributed by atoms with Gasteiger partial charge in [-0.1, -0.05) is 22.0 Å². The average Bonchev–Trinajstić information content (AvgIpc) is 2.32. The second-order valence-electron chi connectivity index (χ2n) is 4.43. The molecule has 0 amide bonds. The largest absolute Gasteiger partial charge is 0.377 e. The van der Waals surface area contributed by atoms with Crippen molar-refractivity contribution in [1.82, 2.24) is 0 Å². The van der Waals surface area contributed by atoms with Crippen molar-refractivity contribution in [3.8, 4) is 0 Å². The van der Waals surface area contributed by atoms with Crippen molar-refractivity contribution in [2.24, 2.45) is 5.73 Å². The molecule has 0 aliphatic carbocycles.